The first kappa shape index (κ1) is 13.9. The molecule has 1 heterocycles. The number of benzene rings is 1. The molecule has 1 aromatic carbocycles. The van der Waals surface area contributed by atoms with E-state index in [4.69, 9.17) is 10.5 Å². The van der Waals surface area contributed by atoms with E-state index in [1.807, 2.05) is 0 Å². The second kappa shape index (κ2) is 6.06. The van der Waals surface area contributed by atoms with E-state index >= 15 is 0 Å². The average Bonchev–Trinajstić information content (AvgIpc) is 2.41. The fraction of sp³-hybridized carbons (Fsp3) is 0.462. The maximum absolute atomic E-state index is 11.7. The van der Waals surface area contributed by atoms with E-state index in [-0.39, 0.29) is 5.97 Å². The number of carbonyl (C=O) groups excluding carboxylic acids is 1. The van der Waals surface area contributed by atoms with Gasteiger partial charge in [0.1, 0.15) is 0 Å². The molecule has 1 aliphatic heterocycles. The molecule has 5 nitrogen and oxygen atoms in total. The highest BCUT2D eigenvalue weighted by molar-refractivity contribution is 7.85. The van der Waals surface area contributed by atoms with Crippen molar-refractivity contribution in [2.45, 2.75) is 6.92 Å². The van der Waals surface area contributed by atoms with Crippen molar-refractivity contribution in [3.63, 3.8) is 0 Å². The highest BCUT2D eigenvalue weighted by Gasteiger charge is 2.19. The molecular weight excluding hydrogens is 264 g/mol. The summed E-state index contributed by atoms with van der Waals surface area (Å²) in [5.41, 5.74) is 7.90. The number of nitrogens with zero attached hydrogens (tertiary/aromatic N) is 1. The van der Waals surface area contributed by atoms with Crippen molar-refractivity contribution in [2.75, 3.05) is 41.8 Å². The van der Waals surface area contributed by atoms with Gasteiger partial charge in [0, 0.05) is 35.4 Å². The first-order valence-corrected chi connectivity index (χ1v) is 7.77. The predicted molar refractivity (Wildman–Crippen MR) is 76.9 cm³/mol. The minimum absolute atomic E-state index is 0.343. The van der Waals surface area contributed by atoms with Crippen LogP contribution in [0.5, 0.6) is 0 Å². The van der Waals surface area contributed by atoms with Crippen molar-refractivity contribution in [2.24, 2.45) is 0 Å². The monoisotopic (exact) mass is 282 g/mol. The maximum Gasteiger partial charge on any atom is 0.338 e. The van der Waals surface area contributed by atoms with Crippen LogP contribution in [0.3, 0.4) is 0 Å². The Morgan fingerprint density at radius 3 is 2.74 bits per heavy atom. The van der Waals surface area contributed by atoms with Crippen LogP contribution in [0.4, 0.5) is 11.4 Å². The number of nitrogen functional groups attached to an aromatic ring is 1. The molecule has 0 bridgehead atoms. The number of hydrogen-bond donors (Lipinski definition) is 1. The second-order valence-electron chi connectivity index (χ2n) is 4.33. The molecule has 1 fully saturated rings. The zero-order valence-electron chi connectivity index (χ0n) is 10.9. The SMILES string of the molecule is CCOC(=O)c1ccc(N)c(N2CCS(=O)CC2)c1. The van der Waals surface area contributed by atoms with Gasteiger partial charge in [0.15, 0.2) is 0 Å². The lowest BCUT2D eigenvalue weighted by molar-refractivity contribution is 0.0526. The molecule has 0 radical (unpaired) electrons. The summed E-state index contributed by atoms with van der Waals surface area (Å²) in [5.74, 6) is 0.941. The Morgan fingerprint density at radius 1 is 1.42 bits per heavy atom. The summed E-state index contributed by atoms with van der Waals surface area (Å²) in [6.07, 6.45) is 0. The Balaban J connectivity index is 2.22. The zero-order chi connectivity index (χ0) is 13.8. The molecule has 0 aliphatic carbocycles. The molecule has 0 saturated carbocycles. The normalized spacial score (nSPS) is 16.4. The van der Waals surface area contributed by atoms with E-state index in [0.29, 0.717) is 42.5 Å². The van der Waals surface area contributed by atoms with Gasteiger partial charge >= 0.3 is 5.97 Å². The van der Waals surface area contributed by atoms with E-state index in [1.165, 1.54) is 0 Å². The van der Waals surface area contributed by atoms with Crippen molar-refractivity contribution in [1.29, 1.82) is 0 Å². The highest BCUT2D eigenvalue weighted by Crippen LogP contribution is 2.26. The van der Waals surface area contributed by atoms with E-state index in [0.717, 1.165) is 5.69 Å². The van der Waals surface area contributed by atoms with Crippen LogP contribution in [0, 0.1) is 0 Å². The summed E-state index contributed by atoms with van der Waals surface area (Å²) in [5, 5.41) is 0. The third-order valence-electron chi connectivity index (χ3n) is 3.06. The van der Waals surface area contributed by atoms with Gasteiger partial charge in [-0.3, -0.25) is 4.21 Å². The minimum atomic E-state index is -0.733. The fourth-order valence-corrected chi connectivity index (χ4v) is 3.09. The highest BCUT2D eigenvalue weighted by atomic mass is 32.2. The van der Waals surface area contributed by atoms with Gasteiger partial charge < -0.3 is 15.4 Å². The standard InChI is InChI=1S/C13H18N2O3S/c1-2-18-13(16)10-3-4-11(14)12(9-10)15-5-7-19(17)8-6-15/h3-4,9H,2,5-8,14H2,1H3. The van der Waals surface area contributed by atoms with E-state index in [2.05, 4.69) is 4.90 Å². The van der Waals surface area contributed by atoms with Crippen LogP contribution in [-0.2, 0) is 15.5 Å². The molecule has 0 aromatic heterocycles. The summed E-state index contributed by atoms with van der Waals surface area (Å²) in [4.78, 5) is 13.8. The number of anilines is 2. The molecule has 104 valence electrons. The van der Waals surface area contributed by atoms with Gasteiger partial charge in [0.05, 0.1) is 23.5 Å². The summed E-state index contributed by atoms with van der Waals surface area (Å²) in [7, 11) is -0.733. The van der Waals surface area contributed by atoms with Gasteiger partial charge in [-0.15, -0.1) is 0 Å². The molecule has 2 rings (SSSR count). The quantitative estimate of drug-likeness (QED) is 0.662. The van der Waals surface area contributed by atoms with Crippen molar-refractivity contribution >= 4 is 28.1 Å². The van der Waals surface area contributed by atoms with Gasteiger partial charge in [0.25, 0.3) is 0 Å². The summed E-state index contributed by atoms with van der Waals surface area (Å²) >= 11 is 0. The molecular formula is C13H18N2O3S. The third kappa shape index (κ3) is 3.26. The molecule has 1 saturated heterocycles. The molecule has 0 amide bonds. The lowest BCUT2D eigenvalue weighted by Gasteiger charge is -2.29. The first-order chi connectivity index (χ1) is 9.11. The third-order valence-corrected chi connectivity index (χ3v) is 4.34. The second-order valence-corrected chi connectivity index (χ2v) is 6.03. The number of nitrogens with two attached hydrogens (primary N) is 1. The lowest BCUT2D eigenvalue weighted by Crippen LogP contribution is -2.38. The largest absolute Gasteiger partial charge is 0.462 e. The smallest absolute Gasteiger partial charge is 0.338 e. The van der Waals surface area contributed by atoms with Crippen LogP contribution in [0.15, 0.2) is 18.2 Å². The number of ether oxygens (including phenoxy) is 1. The average molecular weight is 282 g/mol. The Hall–Kier alpha value is -1.56. The maximum atomic E-state index is 11.7. The molecule has 0 unspecified atom stereocenters. The van der Waals surface area contributed by atoms with Gasteiger partial charge in [-0.05, 0) is 25.1 Å². The Labute approximate surface area is 115 Å². The molecule has 6 heteroatoms. The lowest BCUT2D eigenvalue weighted by atomic mass is 10.1. The van der Waals surface area contributed by atoms with Crippen LogP contribution in [0.1, 0.15) is 17.3 Å². The Morgan fingerprint density at radius 2 is 2.11 bits per heavy atom. The number of hydrogen-bond acceptors (Lipinski definition) is 5. The summed E-state index contributed by atoms with van der Waals surface area (Å²) in [6, 6.07) is 5.13. The van der Waals surface area contributed by atoms with Crippen LogP contribution in [0.2, 0.25) is 0 Å². The Kier molecular flexibility index (Phi) is 4.42. The van der Waals surface area contributed by atoms with E-state index in [1.54, 1.807) is 25.1 Å². The van der Waals surface area contributed by atoms with Crippen LogP contribution >= 0.6 is 0 Å². The van der Waals surface area contributed by atoms with Crippen LogP contribution in [0.25, 0.3) is 0 Å². The van der Waals surface area contributed by atoms with Gasteiger partial charge in [-0.2, -0.15) is 0 Å². The van der Waals surface area contributed by atoms with Crippen molar-refractivity contribution < 1.29 is 13.7 Å². The minimum Gasteiger partial charge on any atom is -0.462 e. The number of esters is 1. The molecule has 1 aliphatic rings. The summed E-state index contributed by atoms with van der Waals surface area (Å²) in [6.45, 7) is 3.52. The predicted octanol–water partition coefficient (Wildman–Crippen LogP) is 1.01. The van der Waals surface area contributed by atoms with Crippen molar-refractivity contribution in [1.82, 2.24) is 0 Å². The van der Waals surface area contributed by atoms with Crippen LogP contribution < -0.4 is 10.6 Å². The molecule has 0 atom stereocenters. The van der Waals surface area contributed by atoms with Gasteiger partial charge in [0.2, 0.25) is 0 Å². The van der Waals surface area contributed by atoms with Gasteiger partial charge in [-0.25, -0.2) is 4.79 Å². The fourth-order valence-electron chi connectivity index (χ4n) is 2.04. The molecule has 0 spiro atoms. The summed E-state index contributed by atoms with van der Waals surface area (Å²) < 4.78 is 16.3. The van der Waals surface area contributed by atoms with Crippen molar-refractivity contribution in [3.8, 4) is 0 Å². The molecule has 1 aromatic rings. The van der Waals surface area contributed by atoms with E-state index in [9.17, 15) is 9.00 Å². The first-order valence-electron chi connectivity index (χ1n) is 6.28. The number of carbonyl (C=O) groups is 1. The van der Waals surface area contributed by atoms with E-state index < -0.39 is 10.8 Å². The van der Waals surface area contributed by atoms with Gasteiger partial charge in [-0.1, -0.05) is 0 Å². The molecule has 2 N–H and O–H groups in total. The topological polar surface area (TPSA) is 72.6 Å². The molecule has 19 heavy (non-hydrogen) atoms. The zero-order valence-corrected chi connectivity index (χ0v) is 11.7. The van der Waals surface area contributed by atoms with Crippen molar-refractivity contribution in [3.05, 3.63) is 23.8 Å². The number of rotatable bonds is 3. The van der Waals surface area contributed by atoms with Crippen LogP contribution in [-0.4, -0.2) is 41.4 Å². The Bertz CT molecular complexity index is 495.